The molecule has 1 rings (SSSR count). The molecule has 50 valence electrons. The molecule has 0 bridgehead atoms. The summed E-state index contributed by atoms with van der Waals surface area (Å²) >= 11 is 0. The summed E-state index contributed by atoms with van der Waals surface area (Å²) in [4.78, 5) is 0. The van der Waals surface area contributed by atoms with E-state index in [1.165, 1.54) is 18.4 Å². The molecule has 0 radical (unpaired) electrons. The van der Waals surface area contributed by atoms with E-state index in [9.17, 15) is 0 Å². The normalized spacial score (nSPS) is 19.9. The molecule has 0 aromatic carbocycles. The first-order chi connectivity index (χ1) is 4.38. The Kier molecular flexibility index (Phi) is 2.10. The molecule has 0 N–H and O–H groups in total. The predicted molar refractivity (Wildman–Crippen MR) is 41.3 cm³/mol. The Balaban J connectivity index is 2.46. The summed E-state index contributed by atoms with van der Waals surface area (Å²) in [6.45, 7) is 5.95. The Morgan fingerprint density at radius 2 is 2.33 bits per heavy atom. The Bertz CT molecular complexity index is 127. The molecule has 0 aromatic rings. The average Bonchev–Trinajstić information content (AvgIpc) is 2.64. The van der Waals surface area contributed by atoms with Crippen molar-refractivity contribution in [3.8, 4) is 0 Å². The van der Waals surface area contributed by atoms with Gasteiger partial charge in [0.2, 0.25) is 0 Å². The third kappa shape index (κ3) is 1.70. The van der Waals surface area contributed by atoms with Gasteiger partial charge < -0.3 is 0 Å². The molecule has 9 heavy (non-hydrogen) atoms. The van der Waals surface area contributed by atoms with Gasteiger partial charge in [-0.25, -0.2) is 0 Å². The zero-order chi connectivity index (χ0) is 6.69. The van der Waals surface area contributed by atoms with Gasteiger partial charge in [-0.2, -0.15) is 0 Å². The minimum atomic E-state index is 0.877. The Hall–Kier alpha value is -0.520. The summed E-state index contributed by atoms with van der Waals surface area (Å²) < 4.78 is 0. The average molecular weight is 122 g/mol. The van der Waals surface area contributed by atoms with Crippen molar-refractivity contribution in [2.75, 3.05) is 0 Å². The van der Waals surface area contributed by atoms with Crippen LogP contribution in [0.2, 0.25) is 0 Å². The molecule has 0 spiro atoms. The molecular weight excluding hydrogens is 108 g/mol. The summed E-state index contributed by atoms with van der Waals surface area (Å²) in [6.07, 6.45) is 8.21. The topological polar surface area (TPSA) is 0 Å². The second-order valence-electron chi connectivity index (χ2n) is 2.59. The SMILES string of the molecule is C=C/C(=C\CC)C1CC1. The van der Waals surface area contributed by atoms with Crippen molar-refractivity contribution in [3.05, 3.63) is 24.3 Å². The van der Waals surface area contributed by atoms with E-state index in [0.717, 1.165) is 12.3 Å². The van der Waals surface area contributed by atoms with Crippen LogP contribution in [0, 0.1) is 5.92 Å². The van der Waals surface area contributed by atoms with Gasteiger partial charge in [0.25, 0.3) is 0 Å². The first-order valence-electron chi connectivity index (χ1n) is 3.71. The number of hydrogen-bond donors (Lipinski definition) is 0. The van der Waals surface area contributed by atoms with Gasteiger partial charge in [-0.3, -0.25) is 0 Å². The highest BCUT2D eigenvalue weighted by Crippen LogP contribution is 2.36. The van der Waals surface area contributed by atoms with E-state index in [2.05, 4.69) is 19.6 Å². The van der Waals surface area contributed by atoms with Crippen molar-refractivity contribution in [2.24, 2.45) is 5.92 Å². The molecular formula is C9H14. The van der Waals surface area contributed by atoms with E-state index in [0.29, 0.717) is 0 Å². The number of allylic oxidation sites excluding steroid dienone is 3. The Morgan fingerprint density at radius 1 is 1.67 bits per heavy atom. The Labute approximate surface area is 57.3 Å². The van der Waals surface area contributed by atoms with Crippen molar-refractivity contribution in [2.45, 2.75) is 26.2 Å². The second-order valence-corrected chi connectivity index (χ2v) is 2.59. The van der Waals surface area contributed by atoms with Crippen LogP contribution in [-0.4, -0.2) is 0 Å². The first-order valence-corrected chi connectivity index (χ1v) is 3.71. The third-order valence-corrected chi connectivity index (χ3v) is 1.72. The molecule has 0 unspecified atom stereocenters. The van der Waals surface area contributed by atoms with Crippen molar-refractivity contribution in [3.63, 3.8) is 0 Å². The molecule has 1 aliphatic carbocycles. The molecule has 0 heterocycles. The highest BCUT2D eigenvalue weighted by molar-refractivity contribution is 5.23. The number of hydrogen-bond acceptors (Lipinski definition) is 0. The fourth-order valence-corrected chi connectivity index (χ4v) is 1.07. The van der Waals surface area contributed by atoms with Crippen LogP contribution in [0.15, 0.2) is 24.3 Å². The van der Waals surface area contributed by atoms with Gasteiger partial charge in [-0.15, -0.1) is 0 Å². The molecule has 0 saturated heterocycles. The lowest BCUT2D eigenvalue weighted by molar-refractivity contribution is 1.02. The minimum Gasteiger partial charge on any atom is -0.0988 e. The maximum atomic E-state index is 3.77. The molecule has 0 nitrogen and oxygen atoms in total. The van der Waals surface area contributed by atoms with Gasteiger partial charge in [-0.1, -0.05) is 25.7 Å². The molecule has 0 aliphatic heterocycles. The van der Waals surface area contributed by atoms with E-state index < -0.39 is 0 Å². The maximum absolute atomic E-state index is 3.77. The van der Waals surface area contributed by atoms with Crippen LogP contribution in [0.4, 0.5) is 0 Å². The largest absolute Gasteiger partial charge is 0.0988 e. The lowest BCUT2D eigenvalue weighted by atomic mass is 10.1. The van der Waals surface area contributed by atoms with Crippen LogP contribution in [0.1, 0.15) is 26.2 Å². The van der Waals surface area contributed by atoms with Gasteiger partial charge in [0.15, 0.2) is 0 Å². The quantitative estimate of drug-likeness (QED) is 0.505. The van der Waals surface area contributed by atoms with Crippen LogP contribution in [0.3, 0.4) is 0 Å². The van der Waals surface area contributed by atoms with E-state index >= 15 is 0 Å². The van der Waals surface area contributed by atoms with Crippen molar-refractivity contribution in [1.82, 2.24) is 0 Å². The molecule has 0 atom stereocenters. The van der Waals surface area contributed by atoms with Gasteiger partial charge in [-0.05, 0) is 30.8 Å². The first kappa shape index (κ1) is 6.60. The van der Waals surface area contributed by atoms with Crippen LogP contribution in [-0.2, 0) is 0 Å². The van der Waals surface area contributed by atoms with E-state index in [1.807, 2.05) is 6.08 Å². The molecule has 1 aliphatic rings. The van der Waals surface area contributed by atoms with Crippen molar-refractivity contribution < 1.29 is 0 Å². The summed E-state index contributed by atoms with van der Waals surface area (Å²) in [6, 6.07) is 0. The smallest absolute Gasteiger partial charge is 0.0165 e. The van der Waals surface area contributed by atoms with Gasteiger partial charge in [0.05, 0.1) is 0 Å². The van der Waals surface area contributed by atoms with E-state index in [4.69, 9.17) is 0 Å². The monoisotopic (exact) mass is 122 g/mol. The number of rotatable bonds is 3. The molecule has 1 saturated carbocycles. The van der Waals surface area contributed by atoms with E-state index in [1.54, 1.807) is 0 Å². The van der Waals surface area contributed by atoms with Crippen LogP contribution in [0.5, 0.6) is 0 Å². The van der Waals surface area contributed by atoms with Crippen LogP contribution < -0.4 is 0 Å². The summed E-state index contributed by atoms with van der Waals surface area (Å²) in [7, 11) is 0. The van der Waals surface area contributed by atoms with Crippen LogP contribution >= 0.6 is 0 Å². The lowest BCUT2D eigenvalue weighted by Gasteiger charge is -1.93. The zero-order valence-electron chi connectivity index (χ0n) is 6.06. The second kappa shape index (κ2) is 2.86. The van der Waals surface area contributed by atoms with Crippen molar-refractivity contribution >= 4 is 0 Å². The van der Waals surface area contributed by atoms with Crippen molar-refractivity contribution in [1.29, 1.82) is 0 Å². The third-order valence-electron chi connectivity index (χ3n) is 1.72. The molecule has 0 amide bonds. The highest BCUT2D eigenvalue weighted by Gasteiger charge is 2.23. The molecule has 0 aromatic heterocycles. The van der Waals surface area contributed by atoms with Gasteiger partial charge in [0.1, 0.15) is 0 Å². The van der Waals surface area contributed by atoms with E-state index in [-0.39, 0.29) is 0 Å². The highest BCUT2D eigenvalue weighted by atomic mass is 14.3. The maximum Gasteiger partial charge on any atom is -0.0165 e. The summed E-state index contributed by atoms with van der Waals surface area (Å²) in [5.41, 5.74) is 1.47. The fraction of sp³-hybridized carbons (Fsp3) is 0.556. The van der Waals surface area contributed by atoms with Gasteiger partial charge >= 0.3 is 0 Å². The zero-order valence-corrected chi connectivity index (χ0v) is 6.06. The Morgan fingerprint density at radius 3 is 2.67 bits per heavy atom. The predicted octanol–water partition coefficient (Wildman–Crippen LogP) is 2.92. The molecule has 0 heteroatoms. The van der Waals surface area contributed by atoms with Gasteiger partial charge in [0, 0.05) is 0 Å². The minimum absolute atomic E-state index is 0.877. The summed E-state index contributed by atoms with van der Waals surface area (Å²) in [5.74, 6) is 0.877. The fourth-order valence-electron chi connectivity index (χ4n) is 1.07. The van der Waals surface area contributed by atoms with Crippen LogP contribution in [0.25, 0.3) is 0 Å². The molecule has 1 fully saturated rings. The lowest BCUT2D eigenvalue weighted by Crippen LogP contribution is -1.77. The summed E-state index contributed by atoms with van der Waals surface area (Å²) in [5, 5.41) is 0. The standard InChI is InChI=1S/C9H14/c1-3-5-8(4-2)9-6-7-9/h4-5,9H,2-3,6-7H2,1H3/b8-5+.